The van der Waals surface area contributed by atoms with Crippen LogP contribution < -0.4 is 10.5 Å². The molecule has 2 N–H and O–H groups in total. The molecule has 0 saturated carbocycles. The second-order valence-electron chi connectivity index (χ2n) is 4.82. The zero-order valence-electron chi connectivity index (χ0n) is 11.6. The summed E-state index contributed by atoms with van der Waals surface area (Å²) in [6.07, 6.45) is 0. The summed E-state index contributed by atoms with van der Waals surface area (Å²) in [7, 11) is 1.66. The number of methoxy groups -OCH3 is 1. The lowest BCUT2D eigenvalue weighted by molar-refractivity contribution is -0.131. The molecule has 6 heteroatoms. The Balaban J connectivity index is 1.96. The molecule has 0 bridgehead atoms. The Bertz CT molecular complexity index is 473. The van der Waals surface area contributed by atoms with Gasteiger partial charge in [0.05, 0.1) is 13.7 Å². The molecule has 0 spiro atoms. The van der Waals surface area contributed by atoms with Crippen LogP contribution in [0.5, 0.6) is 5.75 Å². The van der Waals surface area contributed by atoms with Crippen molar-refractivity contribution < 1.29 is 9.53 Å². The maximum atomic E-state index is 11.5. The predicted octanol–water partition coefficient (Wildman–Crippen LogP) is 0.951. The van der Waals surface area contributed by atoms with Crippen LogP contribution in [0.4, 0.5) is 0 Å². The van der Waals surface area contributed by atoms with Crippen LogP contribution in [0.2, 0.25) is 5.02 Å². The second-order valence-corrected chi connectivity index (χ2v) is 5.25. The third-order valence-corrected chi connectivity index (χ3v) is 3.77. The van der Waals surface area contributed by atoms with Crippen LogP contribution in [0.15, 0.2) is 18.2 Å². The molecule has 1 aliphatic heterocycles. The van der Waals surface area contributed by atoms with E-state index in [0.29, 0.717) is 5.02 Å². The molecular weight excluding hydrogens is 278 g/mol. The number of nitrogens with two attached hydrogens (primary N) is 1. The van der Waals surface area contributed by atoms with Gasteiger partial charge in [-0.2, -0.15) is 0 Å². The first-order valence-corrected chi connectivity index (χ1v) is 7.04. The van der Waals surface area contributed by atoms with E-state index >= 15 is 0 Å². The van der Waals surface area contributed by atoms with Gasteiger partial charge in [-0.05, 0) is 18.2 Å². The quantitative estimate of drug-likeness (QED) is 0.899. The van der Waals surface area contributed by atoms with Crippen molar-refractivity contribution in [2.24, 2.45) is 5.73 Å². The largest absolute Gasteiger partial charge is 0.496 e. The summed E-state index contributed by atoms with van der Waals surface area (Å²) < 4.78 is 5.35. The Morgan fingerprint density at radius 1 is 1.35 bits per heavy atom. The number of amides is 1. The number of ether oxygens (including phenoxy) is 1. The number of piperazine rings is 1. The molecule has 0 aliphatic carbocycles. The highest BCUT2D eigenvalue weighted by Gasteiger charge is 2.20. The van der Waals surface area contributed by atoms with Crippen molar-refractivity contribution in [3.05, 3.63) is 28.8 Å². The fraction of sp³-hybridized carbons (Fsp3) is 0.500. The van der Waals surface area contributed by atoms with Crippen LogP contribution >= 0.6 is 11.6 Å². The smallest absolute Gasteiger partial charge is 0.236 e. The average molecular weight is 298 g/mol. The number of carbonyl (C=O) groups is 1. The second kappa shape index (κ2) is 6.92. The van der Waals surface area contributed by atoms with Crippen molar-refractivity contribution >= 4 is 17.5 Å². The summed E-state index contributed by atoms with van der Waals surface area (Å²) in [6, 6.07) is 5.63. The maximum Gasteiger partial charge on any atom is 0.236 e. The van der Waals surface area contributed by atoms with Crippen molar-refractivity contribution in [1.29, 1.82) is 0 Å². The third-order valence-electron chi connectivity index (χ3n) is 3.54. The average Bonchev–Trinajstić information content (AvgIpc) is 2.47. The van der Waals surface area contributed by atoms with E-state index in [4.69, 9.17) is 22.1 Å². The molecule has 1 saturated heterocycles. The summed E-state index contributed by atoms with van der Waals surface area (Å²) in [6.45, 7) is 3.97. The van der Waals surface area contributed by atoms with Gasteiger partial charge in [-0.25, -0.2) is 0 Å². The van der Waals surface area contributed by atoms with Crippen LogP contribution in [0, 0.1) is 0 Å². The molecule has 110 valence electrons. The molecular formula is C14H20ClN3O2. The van der Waals surface area contributed by atoms with Gasteiger partial charge in [0.1, 0.15) is 5.75 Å². The summed E-state index contributed by atoms with van der Waals surface area (Å²) in [4.78, 5) is 15.6. The fourth-order valence-electron chi connectivity index (χ4n) is 2.40. The summed E-state index contributed by atoms with van der Waals surface area (Å²) >= 11 is 6.03. The number of halogens is 1. The van der Waals surface area contributed by atoms with Gasteiger partial charge < -0.3 is 15.4 Å². The highest BCUT2D eigenvalue weighted by molar-refractivity contribution is 6.30. The number of hydrogen-bond acceptors (Lipinski definition) is 4. The first-order valence-electron chi connectivity index (χ1n) is 6.66. The van der Waals surface area contributed by atoms with Gasteiger partial charge in [0.15, 0.2) is 0 Å². The summed E-state index contributed by atoms with van der Waals surface area (Å²) in [5.74, 6) is 0.861. The number of hydrogen-bond donors (Lipinski definition) is 1. The van der Waals surface area contributed by atoms with Crippen LogP contribution in [0.25, 0.3) is 0 Å². The summed E-state index contributed by atoms with van der Waals surface area (Å²) in [5.41, 5.74) is 6.45. The number of nitrogens with zero attached hydrogens (tertiary/aromatic N) is 2. The third kappa shape index (κ3) is 3.62. The number of rotatable bonds is 4. The first kappa shape index (κ1) is 15.1. The van der Waals surface area contributed by atoms with E-state index < -0.39 is 0 Å². The van der Waals surface area contributed by atoms with E-state index in [1.165, 1.54) is 0 Å². The van der Waals surface area contributed by atoms with Crippen molar-refractivity contribution in [2.75, 3.05) is 39.8 Å². The fourth-order valence-corrected chi connectivity index (χ4v) is 2.59. The van der Waals surface area contributed by atoms with Gasteiger partial charge in [-0.15, -0.1) is 0 Å². The molecule has 0 unspecified atom stereocenters. The van der Waals surface area contributed by atoms with Crippen molar-refractivity contribution in [3.63, 3.8) is 0 Å². The van der Waals surface area contributed by atoms with Gasteiger partial charge in [0, 0.05) is 43.3 Å². The minimum Gasteiger partial charge on any atom is -0.496 e. The lowest BCUT2D eigenvalue weighted by Gasteiger charge is -2.34. The molecule has 1 amide bonds. The van der Waals surface area contributed by atoms with E-state index in [-0.39, 0.29) is 12.5 Å². The van der Waals surface area contributed by atoms with E-state index in [0.717, 1.165) is 44.0 Å². The van der Waals surface area contributed by atoms with Gasteiger partial charge >= 0.3 is 0 Å². The van der Waals surface area contributed by atoms with Gasteiger partial charge in [-0.3, -0.25) is 9.69 Å². The topological polar surface area (TPSA) is 58.8 Å². The molecule has 0 radical (unpaired) electrons. The zero-order valence-corrected chi connectivity index (χ0v) is 12.4. The Morgan fingerprint density at radius 2 is 2.05 bits per heavy atom. The molecule has 0 aromatic heterocycles. The van der Waals surface area contributed by atoms with Crippen molar-refractivity contribution in [3.8, 4) is 5.75 Å². The minimum atomic E-state index is 0.0185. The molecule has 1 heterocycles. The molecule has 0 atom stereocenters. The first-order chi connectivity index (χ1) is 9.63. The normalized spacial score (nSPS) is 16.2. The Kier molecular flexibility index (Phi) is 5.23. The lowest BCUT2D eigenvalue weighted by atomic mass is 10.1. The monoisotopic (exact) mass is 297 g/mol. The van der Waals surface area contributed by atoms with E-state index in [2.05, 4.69) is 4.90 Å². The van der Waals surface area contributed by atoms with Gasteiger partial charge in [-0.1, -0.05) is 11.6 Å². The SMILES string of the molecule is COc1ccc(Cl)cc1CN1CCN(C(=O)CN)CC1. The predicted molar refractivity (Wildman–Crippen MR) is 78.9 cm³/mol. The van der Waals surface area contributed by atoms with E-state index in [9.17, 15) is 4.79 Å². The Hall–Kier alpha value is -1.30. The number of carbonyl (C=O) groups excluding carboxylic acids is 1. The van der Waals surface area contributed by atoms with Crippen LogP contribution in [-0.4, -0.2) is 55.5 Å². The standard InChI is InChI=1S/C14H20ClN3O2/c1-20-13-3-2-12(15)8-11(13)10-17-4-6-18(7-5-17)14(19)9-16/h2-3,8H,4-7,9-10,16H2,1H3. The Morgan fingerprint density at radius 3 is 2.65 bits per heavy atom. The lowest BCUT2D eigenvalue weighted by Crippen LogP contribution is -2.49. The molecule has 20 heavy (non-hydrogen) atoms. The molecule has 1 aromatic rings. The molecule has 5 nitrogen and oxygen atoms in total. The molecule has 2 rings (SSSR count). The molecule has 1 fully saturated rings. The highest BCUT2D eigenvalue weighted by atomic mass is 35.5. The van der Waals surface area contributed by atoms with Gasteiger partial charge in [0.25, 0.3) is 0 Å². The van der Waals surface area contributed by atoms with Crippen molar-refractivity contribution in [1.82, 2.24) is 9.80 Å². The number of benzene rings is 1. The van der Waals surface area contributed by atoms with Crippen molar-refractivity contribution in [2.45, 2.75) is 6.54 Å². The van der Waals surface area contributed by atoms with E-state index in [1.807, 2.05) is 23.1 Å². The Labute approximate surface area is 124 Å². The highest BCUT2D eigenvalue weighted by Crippen LogP contribution is 2.24. The minimum absolute atomic E-state index is 0.0185. The molecule has 1 aliphatic rings. The zero-order chi connectivity index (χ0) is 14.5. The van der Waals surface area contributed by atoms with E-state index in [1.54, 1.807) is 7.11 Å². The van der Waals surface area contributed by atoms with Crippen LogP contribution in [0.3, 0.4) is 0 Å². The van der Waals surface area contributed by atoms with Gasteiger partial charge in [0.2, 0.25) is 5.91 Å². The maximum absolute atomic E-state index is 11.5. The summed E-state index contributed by atoms with van der Waals surface area (Å²) in [5, 5.41) is 0.706. The van der Waals surface area contributed by atoms with Crippen LogP contribution in [-0.2, 0) is 11.3 Å². The van der Waals surface area contributed by atoms with Crippen LogP contribution in [0.1, 0.15) is 5.56 Å². The molecule has 1 aromatic carbocycles.